The summed E-state index contributed by atoms with van der Waals surface area (Å²) in [7, 11) is 0. The summed E-state index contributed by atoms with van der Waals surface area (Å²) in [5.41, 5.74) is 1.62. The van der Waals surface area contributed by atoms with Crippen LogP contribution in [0.1, 0.15) is 0 Å². The average Bonchev–Trinajstić information content (AvgIpc) is 2.54. The Kier molecular flexibility index (Phi) is 5.49. The van der Waals surface area contributed by atoms with Gasteiger partial charge in [0.2, 0.25) is 0 Å². The molecule has 0 aromatic heterocycles. The number of phenols is 1. The lowest BCUT2D eigenvalue weighted by molar-refractivity contribution is 0.466. The summed E-state index contributed by atoms with van der Waals surface area (Å²) in [6.07, 6.45) is 3.53. The van der Waals surface area contributed by atoms with Gasteiger partial charge in [0.1, 0.15) is 17.2 Å². The molecule has 2 aromatic rings. The maximum absolute atomic E-state index is 9.78. The van der Waals surface area contributed by atoms with E-state index < -0.39 is 0 Å². The second-order valence-corrected chi connectivity index (χ2v) is 4.64. The standard InChI is InChI=1S/C18H20N2O2/c1-3-11-19-14-5-7-15(8-6-14)22-16-9-10-18(21)17(13-16)20-12-4-2/h3-10,13,19-21H,1-2,11-12H2. The average molecular weight is 296 g/mol. The molecule has 22 heavy (non-hydrogen) atoms. The molecule has 0 aliphatic rings. The van der Waals surface area contributed by atoms with Crippen LogP contribution in [0.5, 0.6) is 17.2 Å². The van der Waals surface area contributed by atoms with Gasteiger partial charge in [-0.15, -0.1) is 13.2 Å². The van der Waals surface area contributed by atoms with Gasteiger partial charge in [0.25, 0.3) is 0 Å². The number of nitrogens with one attached hydrogen (secondary N) is 2. The lowest BCUT2D eigenvalue weighted by atomic mass is 10.2. The predicted octanol–water partition coefficient (Wildman–Crippen LogP) is 4.38. The molecule has 0 aliphatic heterocycles. The van der Waals surface area contributed by atoms with Gasteiger partial charge in [0.05, 0.1) is 5.69 Å². The van der Waals surface area contributed by atoms with Crippen molar-refractivity contribution in [2.75, 3.05) is 23.7 Å². The molecular weight excluding hydrogens is 276 g/mol. The Bertz CT molecular complexity index is 636. The first-order valence-corrected chi connectivity index (χ1v) is 7.03. The smallest absolute Gasteiger partial charge is 0.138 e. The number of rotatable bonds is 8. The minimum atomic E-state index is 0.179. The van der Waals surface area contributed by atoms with Crippen molar-refractivity contribution in [2.45, 2.75) is 0 Å². The maximum Gasteiger partial charge on any atom is 0.138 e. The third-order valence-corrected chi connectivity index (χ3v) is 2.95. The van der Waals surface area contributed by atoms with E-state index in [2.05, 4.69) is 23.8 Å². The fourth-order valence-corrected chi connectivity index (χ4v) is 1.87. The van der Waals surface area contributed by atoms with Crippen LogP contribution in [0.3, 0.4) is 0 Å². The van der Waals surface area contributed by atoms with E-state index in [1.165, 1.54) is 0 Å². The molecule has 0 amide bonds. The van der Waals surface area contributed by atoms with Crippen LogP contribution in [0.25, 0.3) is 0 Å². The summed E-state index contributed by atoms with van der Waals surface area (Å²) in [5, 5.41) is 16.0. The third-order valence-electron chi connectivity index (χ3n) is 2.95. The molecule has 0 aliphatic carbocycles. The second-order valence-electron chi connectivity index (χ2n) is 4.64. The Morgan fingerprint density at radius 2 is 1.55 bits per heavy atom. The molecule has 0 atom stereocenters. The zero-order chi connectivity index (χ0) is 15.8. The van der Waals surface area contributed by atoms with Gasteiger partial charge in [-0.3, -0.25) is 0 Å². The van der Waals surface area contributed by atoms with E-state index in [4.69, 9.17) is 4.74 Å². The van der Waals surface area contributed by atoms with Gasteiger partial charge in [0.15, 0.2) is 0 Å². The Morgan fingerprint density at radius 3 is 2.23 bits per heavy atom. The first-order valence-electron chi connectivity index (χ1n) is 7.03. The lowest BCUT2D eigenvalue weighted by Crippen LogP contribution is -1.98. The monoisotopic (exact) mass is 296 g/mol. The van der Waals surface area contributed by atoms with Crippen molar-refractivity contribution in [3.8, 4) is 17.2 Å². The fourth-order valence-electron chi connectivity index (χ4n) is 1.87. The van der Waals surface area contributed by atoms with E-state index in [0.717, 1.165) is 18.0 Å². The molecule has 114 valence electrons. The minimum absolute atomic E-state index is 0.179. The summed E-state index contributed by atoms with van der Waals surface area (Å²) in [5.74, 6) is 1.55. The van der Waals surface area contributed by atoms with Gasteiger partial charge >= 0.3 is 0 Å². The molecule has 0 bridgehead atoms. The lowest BCUT2D eigenvalue weighted by Gasteiger charge is -2.11. The first-order chi connectivity index (χ1) is 10.7. The van der Waals surface area contributed by atoms with Crippen LogP contribution in [0.15, 0.2) is 67.8 Å². The van der Waals surface area contributed by atoms with Crippen LogP contribution in [-0.4, -0.2) is 18.2 Å². The van der Waals surface area contributed by atoms with Crippen molar-refractivity contribution in [3.05, 3.63) is 67.8 Å². The van der Waals surface area contributed by atoms with E-state index in [1.807, 2.05) is 24.3 Å². The highest BCUT2D eigenvalue weighted by Gasteiger charge is 2.04. The van der Waals surface area contributed by atoms with Crippen LogP contribution >= 0.6 is 0 Å². The van der Waals surface area contributed by atoms with E-state index >= 15 is 0 Å². The van der Waals surface area contributed by atoms with Crippen LogP contribution in [0.4, 0.5) is 11.4 Å². The first kappa shape index (κ1) is 15.5. The zero-order valence-electron chi connectivity index (χ0n) is 12.4. The van der Waals surface area contributed by atoms with Crippen molar-refractivity contribution in [2.24, 2.45) is 0 Å². The quantitative estimate of drug-likeness (QED) is 0.500. The molecule has 3 N–H and O–H groups in total. The molecule has 4 heteroatoms. The number of hydrogen-bond acceptors (Lipinski definition) is 4. The van der Waals surface area contributed by atoms with Gasteiger partial charge < -0.3 is 20.5 Å². The number of aromatic hydroxyl groups is 1. The van der Waals surface area contributed by atoms with Crippen molar-refractivity contribution in [1.82, 2.24) is 0 Å². The van der Waals surface area contributed by atoms with Crippen LogP contribution in [-0.2, 0) is 0 Å². The van der Waals surface area contributed by atoms with Crippen molar-refractivity contribution in [3.63, 3.8) is 0 Å². The molecule has 0 spiro atoms. The third kappa shape index (κ3) is 4.31. The number of phenolic OH excluding ortho intramolecular Hbond substituents is 1. The van der Waals surface area contributed by atoms with Crippen LogP contribution in [0, 0.1) is 0 Å². The Balaban J connectivity index is 2.06. The minimum Gasteiger partial charge on any atom is -0.506 e. The van der Waals surface area contributed by atoms with Crippen molar-refractivity contribution < 1.29 is 9.84 Å². The molecule has 4 nitrogen and oxygen atoms in total. The second kappa shape index (κ2) is 7.78. The van der Waals surface area contributed by atoms with E-state index in [-0.39, 0.29) is 5.75 Å². The molecule has 2 aromatic carbocycles. The Labute approximate surface area is 130 Å². The largest absolute Gasteiger partial charge is 0.506 e. The number of ether oxygens (including phenoxy) is 1. The molecule has 0 radical (unpaired) electrons. The highest BCUT2D eigenvalue weighted by Crippen LogP contribution is 2.31. The zero-order valence-corrected chi connectivity index (χ0v) is 12.4. The highest BCUT2D eigenvalue weighted by atomic mass is 16.5. The summed E-state index contributed by atoms with van der Waals surface area (Å²) in [6, 6.07) is 12.7. The topological polar surface area (TPSA) is 53.5 Å². The summed E-state index contributed by atoms with van der Waals surface area (Å²) in [6.45, 7) is 8.59. The molecule has 0 saturated carbocycles. The van der Waals surface area contributed by atoms with Gasteiger partial charge in [-0.2, -0.15) is 0 Å². The molecule has 0 saturated heterocycles. The summed E-state index contributed by atoms with van der Waals surface area (Å²) >= 11 is 0. The van der Waals surface area contributed by atoms with Crippen LogP contribution < -0.4 is 15.4 Å². The maximum atomic E-state index is 9.78. The Hall–Kier alpha value is -2.88. The van der Waals surface area contributed by atoms with Gasteiger partial charge in [0, 0.05) is 24.8 Å². The number of anilines is 2. The summed E-state index contributed by atoms with van der Waals surface area (Å²) < 4.78 is 5.79. The number of hydrogen-bond donors (Lipinski definition) is 3. The highest BCUT2D eigenvalue weighted by molar-refractivity contribution is 5.59. The molecule has 0 fully saturated rings. The van der Waals surface area contributed by atoms with Gasteiger partial charge in [-0.25, -0.2) is 0 Å². The van der Waals surface area contributed by atoms with Crippen LogP contribution in [0.2, 0.25) is 0 Å². The molecule has 0 unspecified atom stereocenters. The van der Waals surface area contributed by atoms with E-state index in [0.29, 0.717) is 18.0 Å². The molecular formula is C18H20N2O2. The Morgan fingerprint density at radius 1 is 0.909 bits per heavy atom. The van der Waals surface area contributed by atoms with Gasteiger partial charge in [-0.05, 0) is 36.4 Å². The number of benzene rings is 2. The van der Waals surface area contributed by atoms with Crippen molar-refractivity contribution >= 4 is 11.4 Å². The fraction of sp³-hybridized carbons (Fsp3) is 0.111. The van der Waals surface area contributed by atoms with Crippen molar-refractivity contribution in [1.29, 1.82) is 0 Å². The summed E-state index contributed by atoms with van der Waals surface area (Å²) in [4.78, 5) is 0. The predicted molar refractivity (Wildman–Crippen MR) is 92.0 cm³/mol. The SMILES string of the molecule is C=CCNc1ccc(Oc2ccc(O)c(NCC=C)c2)cc1. The van der Waals surface area contributed by atoms with E-state index in [1.54, 1.807) is 30.4 Å². The van der Waals surface area contributed by atoms with Gasteiger partial charge in [-0.1, -0.05) is 12.2 Å². The van der Waals surface area contributed by atoms with E-state index in [9.17, 15) is 5.11 Å². The molecule has 0 heterocycles. The normalized spacial score (nSPS) is 9.82. The molecule has 2 rings (SSSR count).